The molecule has 0 bridgehead atoms. The van der Waals surface area contributed by atoms with Crippen LogP contribution in [-0.2, 0) is 4.74 Å². The molecule has 1 N–H and O–H groups in total. The largest absolute Gasteiger partial charge is 0.573 e. The van der Waals surface area contributed by atoms with Crippen molar-refractivity contribution in [3.05, 3.63) is 36.3 Å². The second kappa shape index (κ2) is 5.64. The molecule has 1 aliphatic rings. The molecule has 22 heavy (non-hydrogen) atoms. The highest BCUT2D eigenvalue weighted by Crippen LogP contribution is 2.30. The van der Waals surface area contributed by atoms with Crippen LogP contribution in [0.4, 0.5) is 13.2 Å². The topological polar surface area (TPSA) is 47.1 Å². The summed E-state index contributed by atoms with van der Waals surface area (Å²) in [5.41, 5.74) is 1.40. The average molecular weight is 312 g/mol. The Balaban J connectivity index is 1.73. The maximum Gasteiger partial charge on any atom is 0.573 e. The zero-order chi connectivity index (χ0) is 15.7. The van der Waals surface area contributed by atoms with Crippen LogP contribution in [0.1, 0.15) is 25.1 Å². The van der Waals surface area contributed by atoms with E-state index in [0.29, 0.717) is 5.69 Å². The van der Waals surface area contributed by atoms with Crippen molar-refractivity contribution in [3.8, 4) is 17.0 Å². The molecule has 0 saturated carbocycles. The number of H-pyrrole nitrogens is 1. The van der Waals surface area contributed by atoms with Crippen LogP contribution in [0.3, 0.4) is 0 Å². The van der Waals surface area contributed by atoms with Gasteiger partial charge in [0, 0.05) is 24.3 Å². The standard InChI is InChI=1S/C15H15F3N2O2/c1-9(13-6-7-21-13)14-19-8-12(20-14)10-2-4-11(5-3-10)22-15(16,17)18/h2-5,8-9,13H,6-7H2,1H3,(H,19,20). The normalized spacial score (nSPS) is 19.5. The predicted octanol–water partition coefficient (Wildman–Crippen LogP) is 3.87. The molecule has 1 aliphatic heterocycles. The van der Waals surface area contributed by atoms with Gasteiger partial charge in [0.05, 0.1) is 11.8 Å². The fraction of sp³-hybridized carbons (Fsp3) is 0.400. The number of rotatable bonds is 4. The summed E-state index contributed by atoms with van der Waals surface area (Å²) in [5.74, 6) is 0.730. The van der Waals surface area contributed by atoms with Gasteiger partial charge < -0.3 is 14.5 Å². The first-order valence-electron chi connectivity index (χ1n) is 6.95. The summed E-state index contributed by atoms with van der Waals surface area (Å²) >= 11 is 0. The van der Waals surface area contributed by atoms with Gasteiger partial charge in [0.25, 0.3) is 0 Å². The Morgan fingerprint density at radius 2 is 2.00 bits per heavy atom. The summed E-state index contributed by atoms with van der Waals surface area (Å²) in [7, 11) is 0. The molecule has 2 unspecified atom stereocenters. The number of ether oxygens (including phenoxy) is 2. The van der Waals surface area contributed by atoms with Crippen LogP contribution in [0.15, 0.2) is 30.5 Å². The van der Waals surface area contributed by atoms with Gasteiger partial charge in [0.1, 0.15) is 11.6 Å². The van der Waals surface area contributed by atoms with Crippen molar-refractivity contribution in [3.63, 3.8) is 0 Å². The Morgan fingerprint density at radius 3 is 2.55 bits per heavy atom. The van der Waals surface area contributed by atoms with Crippen LogP contribution in [-0.4, -0.2) is 29.0 Å². The van der Waals surface area contributed by atoms with Gasteiger partial charge in [-0.25, -0.2) is 4.98 Å². The number of imidazole rings is 1. The van der Waals surface area contributed by atoms with E-state index in [1.807, 2.05) is 6.92 Å². The molecule has 0 radical (unpaired) electrons. The van der Waals surface area contributed by atoms with E-state index in [4.69, 9.17) is 4.74 Å². The number of hydrogen-bond donors (Lipinski definition) is 1. The molecule has 1 aromatic carbocycles. The van der Waals surface area contributed by atoms with Gasteiger partial charge in [-0.3, -0.25) is 0 Å². The lowest BCUT2D eigenvalue weighted by atomic mass is 9.98. The Bertz CT molecular complexity index is 633. The molecule has 0 spiro atoms. The van der Waals surface area contributed by atoms with Crippen molar-refractivity contribution >= 4 is 0 Å². The smallest absolute Gasteiger partial charge is 0.406 e. The van der Waals surface area contributed by atoms with Crippen LogP contribution >= 0.6 is 0 Å². The first kappa shape index (κ1) is 14.9. The highest BCUT2D eigenvalue weighted by molar-refractivity contribution is 5.59. The SMILES string of the molecule is CC(c1nc(-c2ccc(OC(F)(F)F)cc2)c[nH]1)C1CCO1. The quantitative estimate of drug-likeness (QED) is 0.932. The molecule has 118 valence electrons. The lowest BCUT2D eigenvalue weighted by Crippen LogP contribution is -2.32. The van der Waals surface area contributed by atoms with Gasteiger partial charge in [-0.2, -0.15) is 0 Å². The Hall–Kier alpha value is -2.02. The van der Waals surface area contributed by atoms with E-state index in [-0.39, 0.29) is 17.8 Å². The van der Waals surface area contributed by atoms with Crippen LogP contribution in [0, 0.1) is 0 Å². The summed E-state index contributed by atoms with van der Waals surface area (Å²) in [6.07, 6.45) is -1.74. The fourth-order valence-corrected chi connectivity index (χ4v) is 2.37. The molecule has 0 amide bonds. The molecule has 1 fully saturated rings. The Morgan fingerprint density at radius 1 is 1.32 bits per heavy atom. The van der Waals surface area contributed by atoms with E-state index >= 15 is 0 Å². The molecular formula is C15H15F3N2O2. The highest BCUT2D eigenvalue weighted by atomic mass is 19.4. The van der Waals surface area contributed by atoms with Crippen LogP contribution < -0.4 is 4.74 Å². The first-order valence-corrected chi connectivity index (χ1v) is 6.95. The van der Waals surface area contributed by atoms with Gasteiger partial charge in [0.2, 0.25) is 0 Å². The van der Waals surface area contributed by atoms with Crippen LogP contribution in [0.5, 0.6) is 5.75 Å². The third kappa shape index (κ3) is 3.24. The third-order valence-corrected chi connectivity index (χ3v) is 3.70. The average Bonchev–Trinajstić information content (AvgIpc) is 2.85. The minimum atomic E-state index is -4.68. The minimum Gasteiger partial charge on any atom is -0.406 e. The zero-order valence-electron chi connectivity index (χ0n) is 11.9. The predicted molar refractivity (Wildman–Crippen MR) is 73.5 cm³/mol. The van der Waals surface area contributed by atoms with E-state index in [1.54, 1.807) is 18.3 Å². The number of aromatic amines is 1. The molecule has 2 heterocycles. The van der Waals surface area contributed by atoms with Crippen molar-refractivity contribution in [2.45, 2.75) is 31.7 Å². The molecule has 4 nitrogen and oxygen atoms in total. The summed E-state index contributed by atoms with van der Waals surface area (Å²) < 4.78 is 45.6. The van der Waals surface area contributed by atoms with Crippen LogP contribution in [0.25, 0.3) is 11.3 Å². The number of alkyl halides is 3. The van der Waals surface area contributed by atoms with E-state index in [1.165, 1.54) is 12.1 Å². The maximum absolute atomic E-state index is 12.1. The molecule has 1 aromatic heterocycles. The highest BCUT2D eigenvalue weighted by Gasteiger charge is 2.31. The lowest BCUT2D eigenvalue weighted by molar-refractivity contribution is -0.274. The van der Waals surface area contributed by atoms with Crippen molar-refractivity contribution in [1.29, 1.82) is 0 Å². The lowest BCUT2D eigenvalue weighted by Gasteiger charge is -2.30. The molecule has 2 atom stereocenters. The van der Waals surface area contributed by atoms with Crippen LogP contribution in [0.2, 0.25) is 0 Å². The summed E-state index contributed by atoms with van der Waals surface area (Å²) in [5, 5.41) is 0. The fourth-order valence-electron chi connectivity index (χ4n) is 2.37. The zero-order valence-corrected chi connectivity index (χ0v) is 11.9. The molecule has 0 aliphatic carbocycles. The van der Waals surface area contributed by atoms with Gasteiger partial charge >= 0.3 is 6.36 Å². The number of hydrogen-bond acceptors (Lipinski definition) is 3. The monoisotopic (exact) mass is 312 g/mol. The molecule has 7 heteroatoms. The van der Waals surface area contributed by atoms with Gasteiger partial charge in [-0.1, -0.05) is 6.92 Å². The molecular weight excluding hydrogens is 297 g/mol. The van der Waals surface area contributed by atoms with Crippen molar-refractivity contribution < 1.29 is 22.6 Å². The van der Waals surface area contributed by atoms with Gasteiger partial charge in [-0.05, 0) is 30.7 Å². The van der Waals surface area contributed by atoms with Crippen molar-refractivity contribution in [1.82, 2.24) is 9.97 Å². The number of nitrogens with one attached hydrogen (secondary N) is 1. The van der Waals surface area contributed by atoms with Gasteiger partial charge in [-0.15, -0.1) is 13.2 Å². The Kier molecular flexibility index (Phi) is 3.82. The summed E-state index contributed by atoms with van der Waals surface area (Å²) in [6, 6.07) is 5.64. The van der Waals surface area contributed by atoms with E-state index in [2.05, 4.69) is 14.7 Å². The van der Waals surface area contributed by atoms with E-state index in [9.17, 15) is 13.2 Å². The number of aromatic nitrogens is 2. The molecule has 3 rings (SSSR count). The molecule has 1 saturated heterocycles. The third-order valence-electron chi connectivity index (χ3n) is 3.70. The Labute approximate surface area is 125 Å². The number of nitrogens with zero attached hydrogens (tertiary/aromatic N) is 1. The summed E-state index contributed by atoms with van der Waals surface area (Å²) in [6.45, 7) is 2.82. The number of benzene rings is 1. The maximum atomic E-state index is 12.1. The summed E-state index contributed by atoms with van der Waals surface area (Å²) in [4.78, 5) is 7.59. The second-order valence-corrected chi connectivity index (χ2v) is 5.23. The van der Waals surface area contributed by atoms with Gasteiger partial charge in [0.15, 0.2) is 0 Å². The van der Waals surface area contributed by atoms with E-state index < -0.39 is 6.36 Å². The minimum absolute atomic E-state index is 0.162. The van der Waals surface area contributed by atoms with E-state index in [0.717, 1.165) is 24.4 Å². The first-order chi connectivity index (χ1) is 10.4. The van der Waals surface area contributed by atoms with Crippen molar-refractivity contribution in [2.75, 3.05) is 6.61 Å². The number of halogens is 3. The second-order valence-electron chi connectivity index (χ2n) is 5.23. The van der Waals surface area contributed by atoms with Crippen molar-refractivity contribution in [2.24, 2.45) is 0 Å². The molecule has 2 aromatic rings.